The van der Waals surface area contributed by atoms with Crippen LogP contribution in [0, 0.1) is 22.7 Å². The van der Waals surface area contributed by atoms with Gasteiger partial charge < -0.3 is 10.1 Å². The van der Waals surface area contributed by atoms with E-state index in [0.29, 0.717) is 25.3 Å². The summed E-state index contributed by atoms with van der Waals surface area (Å²) in [5.41, 5.74) is -0.852. The van der Waals surface area contributed by atoms with Crippen LogP contribution in [-0.2, 0) is 9.53 Å². The lowest BCUT2D eigenvalue weighted by atomic mass is 9.83. The van der Waals surface area contributed by atoms with E-state index in [1.165, 1.54) is 0 Å². The van der Waals surface area contributed by atoms with Crippen molar-refractivity contribution < 1.29 is 9.53 Å². The molecule has 0 aromatic rings. The third-order valence-corrected chi connectivity index (χ3v) is 3.66. The van der Waals surface area contributed by atoms with E-state index in [0.717, 1.165) is 26.1 Å². The highest BCUT2D eigenvalue weighted by Gasteiger charge is 2.35. The number of nitriles is 1. The summed E-state index contributed by atoms with van der Waals surface area (Å²) in [6.45, 7) is 5.95. The predicted molar refractivity (Wildman–Crippen MR) is 65.2 cm³/mol. The SMILES string of the molecule is CCC(C#N)(CC)C(=O)NCC1CCCOC1. The summed E-state index contributed by atoms with van der Waals surface area (Å²) in [4.78, 5) is 12.0. The highest BCUT2D eigenvalue weighted by atomic mass is 16.5. The minimum absolute atomic E-state index is 0.129. The van der Waals surface area contributed by atoms with E-state index in [1.807, 2.05) is 13.8 Å². The van der Waals surface area contributed by atoms with Gasteiger partial charge in [0.2, 0.25) is 5.91 Å². The van der Waals surface area contributed by atoms with Crippen molar-refractivity contribution in [3.63, 3.8) is 0 Å². The Morgan fingerprint density at radius 3 is 2.71 bits per heavy atom. The zero-order chi connectivity index (χ0) is 12.7. The monoisotopic (exact) mass is 238 g/mol. The minimum Gasteiger partial charge on any atom is -0.381 e. The molecule has 1 saturated heterocycles. The van der Waals surface area contributed by atoms with Crippen LogP contribution in [0.15, 0.2) is 0 Å². The van der Waals surface area contributed by atoms with Crippen LogP contribution in [0.1, 0.15) is 39.5 Å². The lowest BCUT2D eigenvalue weighted by Crippen LogP contribution is -2.42. The van der Waals surface area contributed by atoms with Crippen LogP contribution >= 0.6 is 0 Å². The van der Waals surface area contributed by atoms with Crippen molar-refractivity contribution >= 4 is 5.91 Å². The summed E-state index contributed by atoms with van der Waals surface area (Å²) in [6, 6.07) is 2.16. The van der Waals surface area contributed by atoms with Gasteiger partial charge in [-0.15, -0.1) is 0 Å². The van der Waals surface area contributed by atoms with Gasteiger partial charge in [0.25, 0.3) is 0 Å². The first kappa shape index (κ1) is 14.0. The molecule has 1 unspecified atom stereocenters. The average Bonchev–Trinajstić information content (AvgIpc) is 2.40. The van der Waals surface area contributed by atoms with Crippen LogP contribution < -0.4 is 5.32 Å². The minimum atomic E-state index is -0.852. The molecule has 0 radical (unpaired) electrons. The summed E-state index contributed by atoms with van der Waals surface area (Å²) in [7, 11) is 0. The number of carbonyl (C=O) groups is 1. The number of rotatable bonds is 5. The van der Waals surface area contributed by atoms with E-state index < -0.39 is 5.41 Å². The average molecular weight is 238 g/mol. The molecule has 0 spiro atoms. The maximum Gasteiger partial charge on any atom is 0.240 e. The predicted octanol–water partition coefficient (Wildman–Crippen LogP) is 1.86. The molecule has 0 saturated carbocycles. The van der Waals surface area contributed by atoms with Crippen molar-refractivity contribution in [1.29, 1.82) is 5.26 Å². The quantitative estimate of drug-likeness (QED) is 0.795. The molecule has 1 heterocycles. The highest BCUT2D eigenvalue weighted by molar-refractivity contribution is 5.85. The van der Waals surface area contributed by atoms with Crippen molar-refractivity contribution in [2.45, 2.75) is 39.5 Å². The van der Waals surface area contributed by atoms with Crippen LogP contribution in [0.4, 0.5) is 0 Å². The highest BCUT2D eigenvalue weighted by Crippen LogP contribution is 2.25. The van der Waals surface area contributed by atoms with Gasteiger partial charge in [-0.2, -0.15) is 5.26 Å². The van der Waals surface area contributed by atoms with Crippen LogP contribution in [-0.4, -0.2) is 25.7 Å². The molecule has 4 nitrogen and oxygen atoms in total. The summed E-state index contributed by atoms with van der Waals surface area (Å²) < 4.78 is 5.36. The van der Waals surface area contributed by atoms with Gasteiger partial charge in [0.1, 0.15) is 5.41 Å². The van der Waals surface area contributed by atoms with Crippen LogP contribution in [0.25, 0.3) is 0 Å². The number of carbonyl (C=O) groups excluding carboxylic acids is 1. The van der Waals surface area contributed by atoms with Crippen molar-refractivity contribution in [3.05, 3.63) is 0 Å². The Hall–Kier alpha value is -1.08. The molecule has 1 N–H and O–H groups in total. The van der Waals surface area contributed by atoms with Crippen molar-refractivity contribution in [1.82, 2.24) is 5.32 Å². The molecule has 0 aliphatic carbocycles. The molecule has 1 atom stereocenters. The number of hydrogen-bond donors (Lipinski definition) is 1. The number of ether oxygens (including phenoxy) is 1. The normalized spacial score (nSPS) is 20.6. The standard InChI is InChI=1S/C13H22N2O2/c1-3-13(4-2,10-14)12(16)15-8-11-6-5-7-17-9-11/h11H,3-9H2,1-2H3,(H,15,16). The molecular weight excluding hydrogens is 216 g/mol. The molecule has 0 bridgehead atoms. The zero-order valence-electron chi connectivity index (χ0n) is 10.8. The molecule has 1 aliphatic rings. The van der Waals surface area contributed by atoms with Gasteiger partial charge in [0, 0.05) is 13.2 Å². The van der Waals surface area contributed by atoms with Gasteiger partial charge in [0.15, 0.2) is 0 Å². The van der Waals surface area contributed by atoms with Crippen molar-refractivity contribution in [3.8, 4) is 6.07 Å². The van der Waals surface area contributed by atoms with E-state index in [1.54, 1.807) is 0 Å². The Bertz CT molecular complexity index is 286. The Morgan fingerprint density at radius 2 is 2.24 bits per heavy atom. The lowest BCUT2D eigenvalue weighted by molar-refractivity contribution is -0.128. The molecule has 96 valence electrons. The number of amides is 1. The summed E-state index contributed by atoms with van der Waals surface area (Å²) in [5.74, 6) is 0.272. The third-order valence-electron chi connectivity index (χ3n) is 3.66. The smallest absolute Gasteiger partial charge is 0.240 e. The molecule has 0 aromatic carbocycles. The van der Waals surface area contributed by atoms with Crippen LogP contribution in [0.2, 0.25) is 0 Å². The lowest BCUT2D eigenvalue weighted by Gasteiger charge is -2.26. The third kappa shape index (κ3) is 3.44. The van der Waals surface area contributed by atoms with Gasteiger partial charge in [-0.1, -0.05) is 13.8 Å². The van der Waals surface area contributed by atoms with Gasteiger partial charge in [0.05, 0.1) is 12.7 Å². The van der Waals surface area contributed by atoms with Gasteiger partial charge in [-0.25, -0.2) is 0 Å². The Labute approximate surface area is 103 Å². The second-order valence-electron chi connectivity index (χ2n) is 4.69. The second kappa shape index (κ2) is 6.61. The molecule has 1 aliphatic heterocycles. The number of nitrogens with one attached hydrogen (secondary N) is 1. The maximum absolute atomic E-state index is 12.0. The van der Waals surface area contributed by atoms with Gasteiger partial charge in [-0.3, -0.25) is 4.79 Å². The zero-order valence-corrected chi connectivity index (χ0v) is 10.8. The fraction of sp³-hybridized carbons (Fsp3) is 0.846. The summed E-state index contributed by atoms with van der Waals surface area (Å²) in [6.07, 6.45) is 3.28. The maximum atomic E-state index is 12.0. The fourth-order valence-electron chi connectivity index (χ4n) is 2.15. The summed E-state index contributed by atoms with van der Waals surface area (Å²) >= 11 is 0. The molecular formula is C13H22N2O2. The summed E-state index contributed by atoms with van der Waals surface area (Å²) in [5, 5.41) is 12.1. The second-order valence-corrected chi connectivity index (χ2v) is 4.69. The molecule has 0 aromatic heterocycles. The number of hydrogen-bond acceptors (Lipinski definition) is 3. The van der Waals surface area contributed by atoms with E-state index in [4.69, 9.17) is 10.00 Å². The molecule has 4 heteroatoms. The van der Waals surface area contributed by atoms with E-state index in [9.17, 15) is 4.79 Å². The van der Waals surface area contributed by atoms with Crippen molar-refractivity contribution in [2.24, 2.45) is 11.3 Å². The molecule has 1 rings (SSSR count). The van der Waals surface area contributed by atoms with Crippen molar-refractivity contribution in [2.75, 3.05) is 19.8 Å². The number of nitrogens with zero attached hydrogens (tertiary/aromatic N) is 1. The Kier molecular flexibility index (Phi) is 5.43. The first-order valence-electron chi connectivity index (χ1n) is 6.45. The topological polar surface area (TPSA) is 62.1 Å². The molecule has 1 fully saturated rings. The first-order valence-corrected chi connectivity index (χ1v) is 6.45. The fourth-order valence-corrected chi connectivity index (χ4v) is 2.15. The Balaban J connectivity index is 2.45. The van der Waals surface area contributed by atoms with E-state index >= 15 is 0 Å². The molecule has 17 heavy (non-hydrogen) atoms. The Morgan fingerprint density at radius 1 is 1.53 bits per heavy atom. The van der Waals surface area contributed by atoms with Crippen LogP contribution in [0.3, 0.4) is 0 Å². The van der Waals surface area contributed by atoms with E-state index in [-0.39, 0.29) is 5.91 Å². The van der Waals surface area contributed by atoms with E-state index in [2.05, 4.69) is 11.4 Å². The van der Waals surface area contributed by atoms with Gasteiger partial charge >= 0.3 is 0 Å². The van der Waals surface area contributed by atoms with Crippen LogP contribution in [0.5, 0.6) is 0 Å². The van der Waals surface area contributed by atoms with Gasteiger partial charge in [-0.05, 0) is 31.6 Å². The first-order chi connectivity index (χ1) is 8.18. The molecule has 1 amide bonds. The largest absolute Gasteiger partial charge is 0.381 e.